The highest BCUT2D eigenvalue weighted by Gasteiger charge is 2.40. The molecule has 0 amide bonds. The van der Waals surface area contributed by atoms with Gasteiger partial charge >= 0.3 is 5.69 Å². The molecule has 0 bridgehead atoms. The van der Waals surface area contributed by atoms with Crippen molar-refractivity contribution < 1.29 is 14.7 Å². The van der Waals surface area contributed by atoms with Crippen molar-refractivity contribution in [3.63, 3.8) is 0 Å². The normalized spacial score (nSPS) is 14.5. The minimum Gasteiger partial charge on any atom is -0.507 e. The number of carbonyl (C=O) groups is 2. The minimum absolute atomic E-state index is 0.0648. The first-order valence-corrected chi connectivity index (χ1v) is 9.95. The van der Waals surface area contributed by atoms with Gasteiger partial charge in [-0.15, -0.1) is 0 Å². The lowest BCUT2D eigenvalue weighted by Crippen LogP contribution is -2.42. The van der Waals surface area contributed by atoms with Crippen molar-refractivity contribution in [3.8, 4) is 0 Å². The van der Waals surface area contributed by atoms with Gasteiger partial charge in [0.2, 0.25) is 11.6 Å². The van der Waals surface area contributed by atoms with Gasteiger partial charge in [-0.25, -0.2) is 4.79 Å². The second kappa shape index (κ2) is 7.65. The third-order valence-electron chi connectivity index (χ3n) is 5.66. The number of allylic oxidation sites excluding steroid dienone is 1. The summed E-state index contributed by atoms with van der Waals surface area (Å²) in [7, 11) is 2.67. The zero-order chi connectivity index (χ0) is 23.3. The van der Waals surface area contributed by atoms with Crippen molar-refractivity contribution in [2.24, 2.45) is 14.1 Å². The molecule has 0 saturated heterocycles. The standard InChI is InChI=1S/C23H18ClN3O5/c1-26-21(25)17(22(31)27(2)23(26)32)15(11-7-9-12(24)10-8-11)16-18(28)13-5-3-4-6-14(13)19(29)20(16)30/h3-10,15,28H,25H2,1-2H3. The zero-order valence-electron chi connectivity index (χ0n) is 17.1. The Labute approximate surface area is 186 Å². The van der Waals surface area contributed by atoms with Crippen LogP contribution in [0.3, 0.4) is 0 Å². The van der Waals surface area contributed by atoms with Gasteiger partial charge in [0, 0.05) is 30.2 Å². The highest BCUT2D eigenvalue weighted by molar-refractivity contribution is 6.52. The van der Waals surface area contributed by atoms with Crippen molar-refractivity contribution in [2.45, 2.75) is 5.92 Å². The Bertz CT molecular complexity index is 1450. The number of benzene rings is 2. The van der Waals surface area contributed by atoms with Gasteiger partial charge in [-0.2, -0.15) is 0 Å². The van der Waals surface area contributed by atoms with E-state index in [1.54, 1.807) is 36.4 Å². The number of nitrogens with zero attached hydrogens (tertiary/aromatic N) is 2. The number of Topliss-reactive ketones (excluding diaryl/α,β-unsaturated/α-hetero) is 2. The number of anilines is 1. The number of hydrogen-bond acceptors (Lipinski definition) is 6. The summed E-state index contributed by atoms with van der Waals surface area (Å²) in [5.41, 5.74) is 4.99. The lowest BCUT2D eigenvalue weighted by Gasteiger charge is -2.26. The minimum atomic E-state index is -1.22. The lowest BCUT2D eigenvalue weighted by atomic mass is 9.77. The number of ketones is 2. The zero-order valence-corrected chi connectivity index (χ0v) is 17.9. The Morgan fingerprint density at radius 1 is 0.875 bits per heavy atom. The van der Waals surface area contributed by atoms with E-state index >= 15 is 0 Å². The van der Waals surface area contributed by atoms with Crippen LogP contribution >= 0.6 is 11.6 Å². The first kappa shape index (κ1) is 21.3. The van der Waals surface area contributed by atoms with Gasteiger partial charge < -0.3 is 10.8 Å². The lowest BCUT2D eigenvalue weighted by molar-refractivity contribution is -0.112. The summed E-state index contributed by atoms with van der Waals surface area (Å²) in [5, 5.41) is 11.5. The molecular weight excluding hydrogens is 434 g/mol. The van der Waals surface area contributed by atoms with Crippen LogP contribution in [0.1, 0.15) is 33.0 Å². The number of aromatic nitrogens is 2. The van der Waals surface area contributed by atoms with E-state index < -0.39 is 34.5 Å². The molecule has 1 unspecified atom stereocenters. The SMILES string of the molecule is Cn1c(N)c(C(C2=C(O)c3ccccc3C(=O)C2=O)c2ccc(Cl)cc2)c(=O)n(C)c1=O. The van der Waals surface area contributed by atoms with Crippen molar-refractivity contribution in [1.29, 1.82) is 0 Å². The summed E-state index contributed by atoms with van der Waals surface area (Å²) < 4.78 is 1.93. The Kier molecular flexibility index (Phi) is 5.10. The van der Waals surface area contributed by atoms with E-state index in [4.69, 9.17) is 17.3 Å². The fourth-order valence-electron chi connectivity index (χ4n) is 3.94. The van der Waals surface area contributed by atoms with Gasteiger partial charge in [-0.1, -0.05) is 48.0 Å². The van der Waals surface area contributed by atoms with Crippen LogP contribution in [0.15, 0.2) is 63.7 Å². The van der Waals surface area contributed by atoms with E-state index in [9.17, 15) is 24.3 Å². The molecule has 0 saturated carbocycles. The third kappa shape index (κ3) is 3.07. The maximum atomic E-state index is 13.2. The Hall–Kier alpha value is -3.91. The summed E-state index contributed by atoms with van der Waals surface area (Å²) in [5.74, 6) is -3.61. The molecule has 0 spiro atoms. The molecule has 1 aromatic heterocycles. The molecule has 0 radical (unpaired) electrons. The third-order valence-corrected chi connectivity index (χ3v) is 5.91. The van der Waals surface area contributed by atoms with E-state index in [0.717, 1.165) is 9.13 Å². The van der Waals surface area contributed by atoms with E-state index in [-0.39, 0.29) is 28.1 Å². The number of carbonyl (C=O) groups excluding carboxylic acids is 2. The van der Waals surface area contributed by atoms with Gasteiger partial charge in [-0.3, -0.25) is 23.5 Å². The van der Waals surface area contributed by atoms with Crippen LogP contribution in [0.2, 0.25) is 5.02 Å². The molecule has 32 heavy (non-hydrogen) atoms. The second-order valence-electron chi connectivity index (χ2n) is 7.46. The number of nitrogen functional groups attached to an aromatic ring is 1. The Balaban J connectivity index is 2.14. The molecule has 9 heteroatoms. The van der Waals surface area contributed by atoms with E-state index in [0.29, 0.717) is 10.6 Å². The van der Waals surface area contributed by atoms with Gasteiger partial charge in [0.15, 0.2) is 0 Å². The molecule has 3 aromatic rings. The van der Waals surface area contributed by atoms with E-state index in [2.05, 4.69) is 0 Å². The molecule has 3 N–H and O–H groups in total. The molecule has 8 nitrogen and oxygen atoms in total. The second-order valence-corrected chi connectivity index (χ2v) is 7.89. The quantitative estimate of drug-likeness (QED) is 0.588. The number of nitrogens with two attached hydrogens (primary N) is 1. The van der Waals surface area contributed by atoms with Crippen molar-refractivity contribution in [2.75, 3.05) is 5.73 Å². The van der Waals surface area contributed by atoms with E-state index in [1.807, 2.05) is 0 Å². The topological polar surface area (TPSA) is 124 Å². The number of aliphatic hydroxyl groups is 1. The van der Waals surface area contributed by atoms with Crippen LogP contribution in [0.4, 0.5) is 5.82 Å². The molecule has 1 atom stereocenters. The summed E-state index contributed by atoms with van der Waals surface area (Å²) in [6.45, 7) is 0. The van der Waals surface area contributed by atoms with Gasteiger partial charge in [0.1, 0.15) is 11.6 Å². The number of aliphatic hydroxyl groups excluding tert-OH is 1. The summed E-state index contributed by atoms with van der Waals surface area (Å²) in [6.07, 6.45) is 0. The first-order chi connectivity index (χ1) is 15.1. The molecule has 4 rings (SSSR count). The molecule has 0 aliphatic heterocycles. The van der Waals surface area contributed by atoms with Crippen LogP contribution in [-0.4, -0.2) is 25.8 Å². The van der Waals surface area contributed by atoms with Gasteiger partial charge in [0.25, 0.3) is 5.56 Å². The van der Waals surface area contributed by atoms with Crippen molar-refractivity contribution in [3.05, 3.63) is 102 Å². The fraction of sp³-hybridized carbons (Fsp3) is 0.130. The largest absolute Gasteiger partial charge is 0.507 e. The molecule has 1 heterocycles. The molecule has 1 aliphatic rings. The number of halogens is 1. The van der Waals surface area contributed by atoms with Crippen LogP contribution < -0.4 is 17.0 Å². The highest BCUT2D eigenvalue weighted by Crippen LogP contribution is 2.40. The van der Waals surface area contributed by atoms with Crippen LogP contribution in [0.25, 0.3) is 5.76 Å². The molecule has 0 fully saturated rings. The average molecular weight is 452 g/mol. The smallest absolute Gasteiger partial charge is 0.332 e. The monoisotopic (exact) mass is 451 g/mol. The molecule has 2 aromatic carbocycles. The molecular formula is C23H18ClN3O5. The number of hydrogen-bond donors (Lipinski definition) is 2. The Morgan fingerprint density at radius 2 is 1.47 bits per heavy atom. The molecule has 162 valence electrons. The fourth-order valence-corrected chi connectivity index (χ4v) is 4.07. The highest BCUT2D eigenvalue weighted by atomic mass is 35.5. The van der Waals surface area contributed by atoms with Crippen LogP contribution in [0, 0.1) is 0 Å². The molecule has 1 aliphatic carbocycles. The van der Waals surface area contributed by atoms with Gasteiger partial charge in [-0.05, 0) is 17.7 Å². The Morgan fingerprint density at radius 3 is 2.09 bits per heavy atom. The summed E-state index contributed by atoms with van der Waals surface area (Å²) in [6, 6.07) is 12.4. The number of fused-ring (bicyclic) bond motifs is 1. The average Bonchev–Trinajstić information content (AvgIpc) is 2.80. The first-order valence-electron chi connectivity index (χ1n) is 9.57. The van der Waals surface area contributed by atoms with Crippen LogP contribution in [0.5, 0.6) is 0 Å². The summed E-state index contributed by atoms with van der Waals surface area (Å²) >= 11 is 6.01. The predicted octanol–water partition coefficient (Wildman–Crippen LogP) is 2.19. The van der Waals surface area contributed by atoms with E-state index in [1.165, 1.54) is 26.2 Å². The number of rotatable bonds is 3. The van der Waals surface area contributed by atoms with Crippen LogP contribution in [-0.2, 0) is 18.9 Å². The maximum absolute atomic E-state index is 13.2. The van der Waals surface area contributed by atoms with Crippen molar-refractivity contribution in [1.82, 2.24) is 9.13 Å². The maximum Gasteiger partial charge on any atom is 0.332 e. The predicted molar refractivity (Wildman–Crippen MR) is 120 cm³/mol. The van der Waals surface area contributed by atoms with Gasteiger partial charge in [0.05, 0.1) is 17.1 Å². The summed E-state index contributed by atoms with van der Waals surface area (Å²) in [4.78, 5) is 51.6. The van der Waals surface area contributed by atoms with Crippen molar-refractivity contribution >= 4 is 34.7 Å².